The molecule has 0 N–H and O–H groups in total. The monoisotopic (exact) mass is 780 g/mol. The average Bonchev–Trinajstić information content (AvgIpc) is 3.59. The number of rotatable bonds is 25. The minimum Gasteiger partial charge on any atom is -0.294 e. The highest BCUT2D eigenvalue weighted by molar-refractivity contribution is 9.11. The molecule has 0 radical (unpaired) electrons. The molecule has 3 rings (SSSR count). The van der Waals surface area contributed by atoms with E-state index in [4.69, 9.17) is 0 Å². The van der Waals surface area contributed by atoms with Crippen LogP contribution < -0.4 is 0 Å². The molecule has 2 aromatic heterocycles. The normalized spacial score (nSPS) is 13.2. The number of unbranched alkanes of at least 4 members (excludes halogenated alkanes) is 11. The van der Waals surface area contributed by atoms with Crippen molar-refractivity contribution in [2.24, 2.45) is 11.8 Å². The fraction of sp³-hybridized carbons (Fsp3) is 0.692. The molecule has 6 heteroatoms. The van der Waals surface area contributed by atoms with E-state index in [1.54, 1.807) is 22.7 Å². The third kappa shape index (κ3) is 12.4. The molecule has 0 saturated carbocycles. The number of carbonyl (C=O) groups is 2. The molecule has 0 spiro atoms. The third-order valence-electron chi connectivity index (χ3n) is 9.58. The Morgan fingerprint density at radius 3 is 1.47 bits per heavy atom. The van der Waals surface area contributed by atoms with Crippen LogP contribution >= 0.6 is 54.5 Å². The van der Waals surface area contributed by atoms with Crippen LogP contribution in [0.5, 0.6) is 0 Å². The number of thiophene rings is 2. The standard InChI is InChI=1S/C39H58Br2O2S2/c1-5-8-11-14-15-18-21-29(20-17-13-10-7-3)23-25-33(43)37-31-27-35(41)44-38(31)36(30-26-34(40)45-39(30)37)32(42)24-22-28(4)19-16-12-9-6-2/h26-29H,5-25H2,1-4H3. The van der Waals surface area contributed by atoms with Gasteiger partial charge >= 0.3 is 0 Å². The molecule has 0 bridgehead atoms. The largest absolute Gasteiger partial charge is 0.294 e. The zero-order chi connectivity index (χ0) is 32.6. The zero-order valence-electron chi connectivity index (χ0n) is 28.5. The van der Waals surface area contributed by atoms with Crippen LogP contribution in [-0.4, -0.2) is 11.6 Å². The number of carbonyl (C=O) groups excluding carboxylic acids is 2. The molecular formula is C39H58Br2O2S2. The van der Waals surface area contributed by atoms with Gasteiger partial charge in [-0.3, -0.25) is 9.59 Å². The van der Waals surface area contributed by atoms with E-state index in [9.17, 15) is 9.59 Å². The Morgan fingerprint density at radius 1 is 0.578 bits per heavy atom. The van der Waals surface area contributed by atoms with E-state index in [0.29, 0.717) is 24.7 Å². The van der Waals surface area contributed by atoms with Gasteiger partial charge in [-0.25, -0.2) is 0 Å². The smallest absolute Gasteiger partial charge is 0.164 e. The molecule has 0 fully saturated rings. The Kier molecular flexibility index (Phi) is 18.5. The van der Waals surface area contributed by atoms with Gasteiger partial charge in [-0.2, -0.15) is 0 Å². The number of hydrogen-bond acceptors (Lipinski definition) is 4. The van der Waals surface area contributed by atoms with E-state index in [1.807, 2.05) is 0 Å². The molecule has 0 aliphatic heterocycles. The molecule has 0 saturated heterocycles. The highest BCUT2D eigenvalue weighted by Gasteiger charge is 2.26. The van der Waals surface area contributed by atoms with Crippen LogP contribution in [0.25, 0.3) is 20.2 Å². The number of fused-ring (bicyclic) bond motifs is 2. The molecule has 2 unspecified atom stereocenters. The molecule has 2 nitrogen and oxygen atoms in total. The molecule has 3 aromatic rings. The van der Waals surface area contributed by atoms with Crippen molar-refractivity contribution in [3.05, 3.63) is 30.8 Å². The summed E-state index contributed by atoms with van der Waals surface area (Å²) in [6, 6.07) is 4.17. The fourth-order valence-corrected chi connectivity index (χ4v) is 10.2. The summed E-state index contributed by atoms with van der Waals surface area (Å²) in [5.41, 5.74) is 1.66. The van der Waals surface area contributed by atoms with Gasteiger partial charge < -0.3 is 0 Å². The lowest BCUT2D eigenvalue weighted by molar-refractivity contribution is 0.0966. The summed E-state index contributed by atoms with van der Waals surface area (Å²) in [7, 11) is 0. The van der Waals surface area contributed by atoms with E-state index in [0.717, 1.165) is 51.7 Å². The van der Waals surface area contributed by atoms with Gasteiger partial charge in [-0.15, -0.1) is 22.7 Å². The molecule has 2 atom stereocenters. The molecule has 0 amide bonds. The summed E-state index contributed by atoms with van der Waals surface area (Å²) in [6.45, 7) is 9.09. The lowest BCUT2D eigenvalue weighted by Crippen LogP contribution is -2.09. The summed E-state index contributed by atoms with van der Waals surface area (Å²) in [4.78, 5) is 28.1. The predicted molar refractivity (Wildman–Crippen MR) is 208 cm³/mol. The van der Waals surface area contributed by atoms with Crippen molar-refractivity contribution >= 4 is 86.3 Å². The predicted octanol–water partition coefficient (Wildman–Crippen LogP) is 15.5. The lowest BCUT2D eigenvalue weighted by Gasteiger charge is -2.17. The van der Waals surface area contributed by atoms with Crippen LogP contribution in [0, 0.1) is 11.8 Å². The molecule has 252 valence electrons. The maximum Gasteiger partial charge on any atom is 0.164 e. The highest BCUT2D eigenvalue weighted by atomic mass is 79.9. The molecule has 0 aliphatic rings. The highest BCUT2D eigenvalue weighted by Crippen LogP contribution is 2.45. The van der Waals surface area contributed by atoms with Crippen molar-refractivity contribution in [1.82, 2.24) is 0 Å². The second-order valence-electron chi connectivity index (χ2n) is 13.5. The second kappa shape index (κ2) is 21.4. The number of halogens is 2. The van der Waals surface area contributed by atoms with Gasteiger partial charge in [-0.1, -0.05) is 137 Å². The Morgan fingerprint density at radius 2 is 0.978 bits per heavy atom. The Labute approximate surface area is 299 Å². The van der Waals surface area contributed by atoms with Crippen molar-refractivity contribution < 1.29 is 9.59 Å². The Hall–Kier alpha value is -0.560. The first-order valence-electron chi connectivity index (χ1n) is 18.2. The van der Waals surface area contributed by atoms with Gasteiger partial charge in [0, 0.05) is 44.1 Å². The number of Topliss-reactive ketones (excluding diaryl/α,β-unsaturated/α-hetero) is 2. The van der Waals surface area contributed by atoms with Gasteiger partial charge in [0.2, 0.25) is 0 Å². The number of ketones is 2. The molecule has 1 aromatic carbocycles. The van der Waals surface area contributed by atoms with Gasteiger partial charge in [-0.05, 0) is 68.7 Å². The molecular weight excluding hydrogens is 724 g/mol. The second-order valence-corrected chi connectivity index (χ2v) is 18.3. The summed E-state index contributed by atoms with van der Waals surface area (Å²) >= 11 is 10.6. The van der Waals surface area contributed by atoms with Crippen LogP contribution in [-0.2, 0) is 0 Å². The Balaban J connectivity index is 1.78. The molecule has 45 heavy (non-hydrogen) atoms. The number of hydrogen-bond donors (Lipinski definition) is 0. The van der Waals surface area contributed by atoms with Crippen molar-refractivity contribution in [3.8, 4) is 0 Å². The molecule has 0 aliphatic carbocycles. The van der Waals surface area contributed by atoms with E-state index in [1.165, 1.54) is 109 Å². The summed E-state index contributed by atoms with van der Waals surface area (Å²) in [5, 5.41) is 1.92. The van der Waals surface area contributed by atoms with Crippen molar-refractivity contribution in [2.75, 3.05) is 0 Å². The van der Waals surface area contributed by atoms with Crippen molar-refractivity contribution in [3.63, 3.8) is 0 Å². The number of benzene rings is 1. The van der Waals surface area contributed by atoms with Crippen LogP contribution in [0.2, 0.25) is 0 Å². The summed E-state index contributed by atoms with van der Waals surface area (Å²) in [5.74, 6) is 1.63. The molecule has 2 heterocycles. The first kappa shape index (κ1) is 38.9. The van der Waals surface area contributed by atoms with Gasteiger partial charge in [0.05, 0.1) is 7.57 Å². The lowest BCUT2D eigenvalue weighted by atomic mass is 9.88. The minimum absolute atomic E-state index is 0.218. The van der Waals surface area contributed by atoms with E-state index < -0.39 is 0 Å². The third-order valence-corrected chi connectivity index (χ3v) is 12.9. The minimum atomic E-state index is 0.218. The summed E-state index contributed by atoms with van der Waals surface area (Å²) < 4.78 is 3.93. The SMILES string of the molecule is CCCCCCCCC(CCCCCC)CCC(=O)c1c2cc(Br)sc2c(C(=O)CCC(C)CCCCCC)c2cc(Br)sc12. The first-order chi connectivity index (χ1) is 21.8. The van der Waals surface area contributed by atoms with Crippen LogP contribution in [0.15, 0.2) is 19.7 Å². The maximum absolute atomic E-state index is 14.2. The van der Waals surface area contributed by atoms with E-state index >= 15 is 0 Å². The van der Waals surface area contributed by atoms with Gasteiger partial charge in [0.1, 0.15) is 0 Å². The summed E-state index contributed by atoms with van der Waals surface area (Å²) in [6.07, 6.45) is 24.9. The van der Waals surface area contributed by atoms with Crippen LogP contribution in [0.3, 0.4) is 0 Å². The van der Waals surface area contributed by atoms with Crippen LogP contribution in [0.4, 0.5) is 0 Å². The topological polar surface area (TPSA) is 34.1 Å². The zero-order valence-corrected chi connectivity index (χ0v) is 33.4. The van der Waals surface area contributed by atoms with Crippen molar-refractivity contribution in [2.45, 2.75) is 163 Å². The quantitative estimate of drug-likeness (QED) is 0.0634. The van der Waals surface area contributed by atoms with E-state index in [2.05, 4.69) is 71.7 Å². The average molecular weight is 783 g/mol. The van der Waals surface area contributed by atoms with Gasteiger partial charge in [0.25, 0.3) is 0 Å². The van der Waals surface area contributed by atoms with Crippen molar-refractivity contribution in [1.29, 1.82) is 0 Å². The fourth-order valence-electron chi connectivity index (χ4n) is 6.80. The van der Waals surface area contributed by atoms with Gasteiger partial charge in [0.15, 0.2) is 11.6 Å². The Bertz CT molecular complexity index is 1270. The maximum atomic E-state index is 14.2. The van der Waals surface area contributed by atoms with E-state index in [-0.39, 0.29) is 11.6 Å². The first-order valence-corrected chi connectivity index (χ1v) is 21.4. The van der Waals surface area contributed by atoms with Crippen LogP contribution in [0.1, 0.15) is 183 Å².